The first-order valence-electron chi connectivity index (χ1n) is 3.69. The Morgan fingerprint density at radius 1 is 1.73 bits per heavy atom. The highest BCUT2D eigenvalue weighted by Crippen LogP contribution is 2.05. The van der Waals surface area contributed by atoms with Crippen molar-refractivity contribution in [3.8, 4) is 0 Å². The van der Waals surface area contributed by atoms with Gasteiger partial charge in [0.05, 0.1) is 6.20 Å². The summed E-state index contributed by atoms with van der Waals surface area (Å²) in [6, 6.07) is 0. The second-order valence-corrected chi connectivity index (χ2v) is 2.39. The number of nitrogens with two attached hydrogens (primary N) is 1. The zero-order valence-electron chi connectivity index (χ0n) is 6.55. The molecule has 0 saturated heterocycles. The SMILES string of the molecule is CCCn1ncc(CN)c1F. The van der Waals surface area contributed by atoms with Gasteiger partial charge in [-0.05, 0) is 6.42 Å². The maximum Gasteiger partial charge on any atom is 0.215 e. The van der Waals surface area contributed by atoms with Gasteiger partial charge in [-0.15, -0.1) is 0 Å². The Morgan fingerprint density at radius 2 is 2.45 bits per heavy atom. The minimum Gasteiger partial charge on any atom is -0.326 e. The Kier molecular flexibility index (Phi) is 2.59. The summed E-state index contributed by atoms with van der Waals surface area (Å²) in [4.78, 5) is 0. The third-order valence-corrected chi connectivity index (χ3v) is 1.50. The van der Waals surface area contributed by atoms with E-state index in [0.29, 0.717) is 12.1 Å². The highest BCUT2D eigenvalue weighted by Gasteiger charge is 2.06. The normalized spacial score (nSPS) is 10.5. The van der Waals surface area contributed by atoms with Gasteiger partial charge >= 0.3 is 0 Å². The van der Waals surface area contributed by atoms with E-state index in [0.717, 1.165) is 6.42 Å². The van der Waals surface area contributed by atoms with Crippen LogP contribution in [0.1, 0.15) is 18.9 Å². The van der Waals surface area contributed by atoms with Crippen molar-refractivity contribution in [3.63, 3.8) is 0 Å². The van der Waals surface area contributed by atoms with E-state index in [-0.39, 0.29) is 12.5 Å². The number of rotatable bonds is 3. The molecule has 0 saturated carbocycles. The van der Waals surface area contributed by atoms with Gasteiger partial charge in [0.2, 0.25) is 5.95 Å². The van der Waals surface area contributed by atoms with Crippen molar-refractivity contribution >= 4 is 0 Å². The molecule has 0 aliphatic rings. The molecular formula is C7H12FN3. The Morgan fingerprint density at radius 3 is 2.91 bits per heavy atom. The molecule has 0 fully saturated rings. The quantitative estimate of drug-likeness (QED) is 0.708. The second-order valence-electron chi connectivity index (χ2n) is 2.39. The molecule has 3 nitrogen and oxygen atoms in total. The Balaban J connectivity index is 2.82. The van der Waals surface area contributed by atoms with Crippen LogP contribution in [0.15, 0.2) is 6.20 Å². The predicted molar refractivity (Wildman–Crippen MR) is 40.4 cm³/mol. The van der Waals surface area contributed by atoms with Crippen molar-refractivity contribution < 1.29 is 4.39 Å². The molecule has 0 aromatic carbocycles. The standard InChI is InChI=1S/C7H12FN3/c1-2-3-11-7(8)6(4-9)5-10-11/h5H,2-4,9H2,1H3. The van der Waals surface area contributed by atoms with E-state index in [1.54, 1.807) is 0 Å². The molecule has 0 unspecified atom stereocenters. The topological polar surface area (TPSA) is 43.8 Å². The number of aromatic nitrogens is 2. The molecular weight excluding hydrogens is 145 g/mol. The second kappa shape index (κ2) is 3.48. The van der Waals surface area contributed by atoms with Gasteiger partial charge in [0.25, 0.3) is 0 Å². The number of hydrogen-bond acceptors (Lipinski definition) is 2. The number of halogens is 1. The third-order valence-electron chi connectivity index (χ3n) is 1.50. The van der Waals surface area contributed by atoms with Crippen LogP contribution in [-0.2, 0) is 13.1 Å². The highest BCUT2D eigenvalue weighted by atomic mass is 19.1. The zero-order valence-corrected chi connectivity index (χ0v) is 6.55. The molecule has 0 amide bonds. The molecule has 11 heavy (non-hydrogen) atoms. The van der Waals surface area contributed by atoms with Crippen LogP contribution in [0.5, 0.6) is 0 Å². The fourth-order valence-corrected chi connectivity index (χ4v) is 0.914. The van der Waals surface area contributed by atoms with Crippen LogP contribution >= 0.6 is 0 Å². The van der Waals surface area contributed by atoms with Crippen molar-refractivity contribution in [2.45, 2.75) is 26.4 Å². The molecule has 2 N–H and O–H groups in total. The van der Waals surface area contributed by atoms with Crippen LogP contribution in [0.2, 0.25) is 0 Å². The van der Waals surface area contributed by atoms with Gasteiger partial charge in [-0.1, -0.05) is 6.92 Å². The molecule has 1 rings (SSSR count). The first-order chi connectivity index (χ1) is 5.29. The Bertz CT molecular complexity index is 232. The lowest BCUT2D eigenvalue weighted by molar-refractivity contribution is 0.447. The van der Waals surface area contributed by atoms with Gasteiger partial charge in [-0.2, -0.15) is 9.49 Å². The van der Waals surface area contributed by atoms with Crippen molar-refractivity contribution in [2.24, 2.45) is 5.73 Å². The van der Waals surface area contributed by atoms with Crippen molar-refractivity contribution in [1.82, 2.24) is 9.78 Å². The van der Waals surface area contributed by atoms with Gasteiger partial charge in [0.1, 0.15) is 0 Å². The van der Waals surface area contributed by atoms with Crippen LogP contribution < -0.4 is 5.73 Å². The van der Waals surface area contributed by atoms with E-state index in [1.807, 2.05) is 6.92 Å². The fourth-order valence-electron chi connectivity index (χ4n) is 0.914. The third kappa shape index (κ3) is 1.57. The number of hydrogen-bond donors (Lipinski definition) is 1. The van der Waals surface area contributed by atoms with E-state index in [2.05, 4.69) is 5.10 Å². The molecule has 0 radical (unpaired) electrons. The Labute approximate surface area is 65.0 Å². The molecule has 0 bridgehead atoms. The largest absolute Gasteiger partial charge is 0.326 e. The molecule has 0 atom stereocenters. The van der Waals surface area contributed by atoms with Crippen LogP contribution in [-0.4, -0.2) is 9.78 Å². The summed E-state index contributed by atoms with van der Waals surface area (Å²) in [5.41, 5.74) is 5.75. The molecule has 1 heterocycles. The summed E-state index contributed by atoms with van der Waals surface area (Å²) in [6.07, 6.45) is 2.35. The number of aryl methyl sites for hydroxylation is 1. The minimum absolute atomic E-state index is 0.218. The van der Waals surface area contributed by atoms with Gasteiger partial charge in [0.15, 0.2) is 0 Å². The van der Waals surface area contributed by atoms with Gasteiger partial charge in [0, 0.05) is 18.7 Å². The summed E-state index contributed by atoms with van der Waals surface area (Å²) >= 11 is 0. The predicted octanol–water partition coefficient (Wildman–Crippen LogP) is 0.891. The maximum atomic E-state index is 13.0. The summed E-state index contributed by atoms with van der Waals surface area (Å²) in [6.45, 7) is 2.81. The van der Waals surface area contributed by atoms with Crippen LogP contribution in [0.4, 0.5) is 4.39 Å². The molecule has 0 aliphatic carbocycles. The zero-order chi connectivity index (χ0) is 8.27. The molecule has 0 spiro atoms. The van der Waals surface area contributed by atoms with Crippen molar-refractivity contribution in [3.05, 3.63) is 17.7 Å². The van der Waals surface area contributed by atoms with Crippen molar-refractivity contribution in [1.29, 1.82) is 0 Å². The summed E-state index contributed by atoms with van der Waals surface area (Å²) in [5, 5.41) is 3.84. The highest BCUT2D eigenvalue weighted by molar-refractivity contribution is 5.05. The average molecular weight is 157 g/mol. The minimum atomic E-state index is -0.297. The van der Waals surface area contributed by atoms with Crippen LogP contribution in [0.3, 0.4) is 0 Å². The molecule has 1 aromatic heterocycles. The van der Waals surface area contributed by atoms with Gasteiger partial charge in [-0.25, -0.2) is 4.68 Å². The number of nitrogens with zero attached hydrogens (tertiary/aromatic N) is 2. The monoisotopic (exact) mass is 157 g/mol. The lowest BCUT2D eigenvalue weighted by atomic mass is 10.3. The maximum absolute atomic E-state index is 13.0. The first kappa shape index (κ1) is 8.20. The first-order valence-corrected chi connectivity index (χ1v) is 3.69. The van der Waals surface area contributed by atoms with Crippen LogP contribution in [0, 0.1) is 5.95 Å². The summed E-state index contributed by atoms with van der Waals surface area (Å²) < 4.78 is 14.4. The smallest absolute Gasteiger partial charge is 0.215 e. The van der Waals surface area contributed by atoms with E-state index in [4.69, 9.17) is 5.73 Å². The van der Waals surface area contributed by atoms with E-state index in [9.17, 15) is 4.39 Å². The molecule has 62 valence electrons. The van der Waals surface area contributed by atoms with Crippen LogP contribution in [0.25, 0.3) is 0 Å². The molecule has 1 aromatic rings. The lowest BCUT2D eigenvalue weighted by Gasteiger charge is -1.97. The summed E-state index contributed by atoms with van der Waals surface area (Å²) in [7, 11) is 0. The molecule has 0 aliphatic heterocycles. The van der Waals surface area contributed by atoms with Gasteiger partial charge in [-0.3, -0.25) is 0 Å². The van der Waals surface area contributed by atoms with Crippen molar-refractivity contribution in [2.75, 3.05) is 0 Å². The Hall–Kier alpha value is -0.900. The van der Waals surface area contributed by atoms with E-state index < -0.39 is 0 Å². The lowest BCUT2D eigenvalue weighted by Crippen LogP contribution is -2.04. The van der Waals surface area contributed by atoms with E-state index in [1.165, 1.54) is 10.9 Å². The van der Waals surface area contributed by atoms with Gasteiger partial charge < -0.3 is 5.73 Å². The molecule has 4 heteroatoms. The average Bonchev–Trinajstić information content (AvgIpc) is 2.34. The summed E-state index contributed by atoms with van der Waals surface area (Å²) in [5.74, 6) is -0.297. The fraction of sp³-hybridized carbons (Fsp3) is 0.571. The van der Waals surface area contributed by atoms with E-state index >= 15 is 0 Å².